The lowest BCUT2D eigenvalue weighted by molar-refractivity contribution is -0.115. The molecule has 146 valence electrons. The zero-order valence-corrected chi connectivity index (χ0v) is 17.0. The van der Waals surface area contributed by atoms with Crippen LogP contribution in [0.15, 0.2) is 30.3 Å². The van der Waals surface area contributed by atoms with E-state index >= 15 is 0 Å². The van der Waals surface area contributed by atoms with Crippen molar-refractivity contribution in [3.63, 3.8) is 0 Å². The SMILES string of the molecule is Cc1nnc(N2CCC(Oc3nnc(NC(=O)Cc4ccccc4)s3)CC2)s1. The highest BCUT2D eigenvalue weighted by Gasteiger charge is 2.24. The van der Waals surface area contributed by atoms with Crippen LogP contribution in [-0.2, 0) is 11.2 Å². The second kappa shape index (κ2) is 8.61. The maximum Gasteiger partial charge on any atom is 0.296 e. The fourth-order valence-electron chi connectivity index (χ4n) is 2.97. The van der Waals surface area contributed by atoms with Crippen LogP contribution >= 0.6 is 22.7 Å². The molecule has 3 heterocycles. The summed E-state index contributed by atoms with van der Waals surface area (Å²) < 4.78 is 5.96. The Hall–Kier alpha value is -2.59. The first-order chi connectivity index (χ1) is 13.7. The van der Waals surface area contributed by atoms with Gasteiger partial charge < -0.3 is 15.0 Å². The van der Waals surface area contributed by atoms with E-state index < -0.39 is 0 Å². The fourth-order valence-corrected chi connectivity index (χ4v) is 4.39. The molecule has 10 heteroatoms. The molecule has 1 N–H and O–H groups in total. The lowest BCUT2D eigenvalue weighted by Crippen LogP contribution is -2.38. The van der Waals surface area contributed by atoms with Gasteiger partial charge in [0.05, 0.1) is 6.42 Å². The van der Waals surface area contributed by atoms with E-state index in [1.54, 1.807) is 11.3 Å². The van der Waals surface area contributed by atoms with Gasteiger partial charge in [0.1, 0.15) is 11.1 Å². The second-order valence-corrected chi connectivity index (χ2v) is 8.59. The van der Waals surface area contributed by atoms with E-state index in [0.29, 0.717) is 16.7 Å². The molecule has 0 spiro atoms. The number of carbonyl (C=O) groups is 1. The van der Waals surface area contributed by atoms with Gasteiger partial charge in [-0.15, -0.1) is 15.3 Å². The van der Waals surface area contributed by atoms with Gasteiger partial charge in [0.25, 0.3) is 5.19 Å². The molecular weight excluding hydrogens is 396 g/mol. The third-order valence-corrected chi connectivity index (χ3v) is 5.98. The molecule has 28 heavy (non-hydrogen) atoms. The van der Waals surface area contributed by atoms with Gasteiger partial charge in [-0.25, -0.2) is 0 Å². The summed E-state index contributed by atoms with van der Waals surface area (Å²) in [6.07, 6.45) is 2.16. The number of piperidine rings is 1. The lowest BCUT2D eigenvalue weighted by Gasteiger charge is -2.30. The molecule has 0 atom stereocenters. The Bertz CT molecular complexity index is 921. The Balaban J connectivity index is 1.25. The Morgan fingerprint density at radius 2 is 1.93 bits per heavy atom. The predicted molar refractivity (Wildman–Crippen MR) is 109 cm³/mol. The molecule has 2 aromatic heterocycles. The van der Waals surface area contributed by atoms with Crippen LogP contribution < -0.4 is 15.0 Å². The molecular formula is C18H20N6O2S2. The van der Waals surface area contributed by atoms with Crippen molar-refractivity contribution in [2.24, 2.45) is 0 Å². The number of amides is 1. The molecule has 0 saturated carbocycles. The number of nitrogens with zero attached hydrogens (tertiary/aromatic N) is 5. The highest BCUT2D eigenvalue weighted by atomic mass is 32.1. The molecule has 0 radical (unpaired) electrons. The van der Waals surface area contributed by atoms with Gasteiger partial charge in [-0.1, -0.05) is 46.8 Å². The van der Waals surface area contributed by atoms with Crippen molar-refractivity contribution in [3.8, 4) is 5.19 Å². The van der Waals surface area contributed by atoms with Gasteiger partial charge in [0, 0.05) is 25.9 Å². The number of hydrogen-bond donors (Lipinski definition) is 1. The van der Waals surface area contributed by atoms with Crippen LogP contribution in [0.2, 0.25) is 0 Å². The van der Waals surface area contributed by atoms with Crippen molar-refractivity contribution >= 4 is 38.8 Å². The van der Waals surface area contributed by atoms with Crippen molar-refractivity contribution in [3.05, 3.63) is 40.9 Å². The van der Waals surface area contributed by atoms with Crippen molar-refractivity contribution < 1.29 is 9.53 Å². The number of benzene rings is 1. The first kappa shape index (κ1) is 18.8. The Morgan fingerprint density at radius 1 is 1.14 bits per heavy atom. The normalized spacial score (nSPS) is 14.8. The van der Waals surface area contributed by atoms with E-state index in [4.69, 9.17) is 4.74 Å². The molecule has 1 aliphatic heterocycles. The number of hydrogen-bond acceptors (Lipinski definition) is 9. The Kier molecular flexibility index (Phi) is 5.77. The van der Waals surface area contributed by atoms with Crippen LogP contribution in [0.1, 0.15) is 23.4 Å². The molecule has 1 aromatic carbocycles. The maximum atomic E-state index is 12.1. The number of nitrogens with one attached hydrogen (secondary N) is 1. The maximum absolute atomic E-state index is 12.1. The summed E-state index contributed by atoms with van der Waals surface area (Å²) >= 11 is 2.87. The van der Waals surface area contributed by atoms with Crippen LogP contribution in [0.3, 0.4) is 0 Å². The second-order valence-electron chi connectivity index (χ2n) is 6.49. The summed E-state index contributed by atoms with van der Waals surface area (Å²) in [6.45, 7) is 3.71. The standard InChI is InChI=1S/C18H20N6O2S2/c1-12-20-22-17(27-12)24-9-7-14(8-10-24)26-18-23-21-16(28-18)19-15(25)11-13-5-3-2-4-6-13/h2-6,14H,7-11H2,1H3,(H,19,21,25). The summed E-state index contributed by atoms with van der Waals surface area (Å²) in [7, 11) is 0. The first-order valence-corrected chi connectivity index (χ1v) is 10.7. The van der Waals surface area contributed by atoms with E-state index in [2.05, 4.69) is 30.6 Å². The molecule has 1 aliphatic rings. The number of anilines is 2. The van der Waals surface area contributed by atoms with Crippen molar-refractivity contribution in [2.45, 2.75) is 32.3 Å². The third-order valence-electron chi connectivity index (χ3n) is 4.36. The monoisotopic (exact) mass is 416 g/mol. The molecule has 8 nitrogen and oxygen atoms in total. The average Bonchev–Trinajstić information content (AvgIpc) is 3.32. The van der Waals surface area contributed by atoms with E-state index in [1.165, 1.54) is 11.3 Å². The fraction of sp³-hybridized carbons (Fsp3) is 0.389. The Morgan fingerprint density at radius 3 is 2.64 bits per heavy atom. The van der Waals surface area contributed by atoms with Crippen molar-refractivity contribution in [2.75, 3.05) is 23.3 Å². The average molecular weight is 417 g/mol. The highest BCUT2D eigenvalue weighted by molar-refractivity contribution is 7.17. The molecule has 0 unspecified atom stereocenters. The van der Waals surface area contributed by atoms with E-state index in [9.17, 15) is 4.79 Å². The van der Waals surface area contributed by atoms with Crippen molar-refractivity contribution in [1.29, 1.82) is 0 Å². The summed E-state index contributed by atoms with van der Waals surface area (Å²) in [4.78, 5) is 14.4. The summed E-state index contributed by atoms with van der Waals surface area (Å²) in [5.74, 6) is -0.116. The summed E-state index contributed by atoms with van der Waals surface area (Å²) in [6, 6.07) is 9.59. The minimum absolute atomic E-state index is 0.0890. The molecule has 3 aromatic rings. The molecule has 4 rings (SSSR count). The van der Waals surface area contributed by atoms with E-state index in [-0.39, 0.29) is 12.0 Å². The zero-order valence-electron chi connectivity index (χ0n) is 15.4. The van der Waals surface area contributed by atoms with Gasteiger partial charge in [0.2, 0.25) is 16.2 Å². The lowest BCUT2D eigenvalue weighted by atomic mass is 10.1. The number of carbonyl (C=O) groups excluding carboxylic acids is 1. The topological polar surface area (TPSA) is 93.1 Å². The van der Waals surface area contributed by atoms with Gasteiger partial charge in [-0.05, 0) is 23.8 Å². The summed E-state index contributed by atoms with van der Waals surface area (Å²) in [5, 5.41) is 22.0. The van der Waals surface area contributed by atoms with Crippen LogP contribution in [0.25, 0.3) is 0 Å². The first-order valence-electron chi connectivity index (χ1n) is 9.05. The van der Waals surface area contributed by atoms with Crippen LogP contribution in [0.4, 0.5) is 10.3 Å². The smallest absolute Gasteiger partial charge is 0.296 e. The Labute approximate surface area is 170 Å². The molecule has 0 bridgehead atoms. The van der Waals surface area contributed by atoms with Crippen molar-refractivity contribution in [1.82, 2.24) is 20.4 Å². The van der Waals surface area contributed by atoms with E-state index in [1.807, 2.05) is 37.3 Å². The number of ether oxygens (including phenoxy) is 1. The minimum atomic E-state index is -0.116. The van der Waals surface area contributed by atoms with Gasteiger partial charge in [0.15, 0.2) is 0 Å². The molecule has 1 fully saturated rings. The minimum Gasteiger partial charge on any atom is -0.465 e. The number of aromatic nitrogens is 4. The predicted octanol–water partition coefficient (Wildman–Crippen LogP) is 2.93. The van der Waals surface area contributed by atoms with Crippen LogP contribution in [0.5, 0.6) is 5.19 Å². The van der Waals surface area contributed by atoms with E-state index in [0.717, 1.165) is 41.6 Å². The largest absolute Gasteiger partial charge is 0.465 e. The molecule has 0 aliphatic carbocycles. The number of rotatable bonds is 6. The zero-order chi connectivity index (χ0) is 19.3. The van der Waals surface area contributed by atoms with Crippen LogP contribution in [-0.4, -0.2) is 45.5 Å². The van der Waals surface area contributed by atoms with Gasteiger partial charge >= 0.3 is 0 Å². The third kappa shape index (κ3) is 4.82. The van der Waals surface area contributed by atoms with Gasteiger partial charge in [-0.2, -0.15) is 0 Å². The van der Waals surface area contributed by atoms with Gasteiger partial charge in [-0.3, -0.25) is 4.79 Å². The highest BCUT2D eigenvalue weighted by Crippen LogP contribution is 2.28. The molecule has 1 saturated heterocycles. The number of aryl methyl sites for hydroxylation is 1. The molecule has 1 amide bonds. The van der Waals surface area contributed by atoms with Crippen LogP contribution in [0, 0.1) is 6.92 Å². The quantitative estimate of drug-likeness (QED) is 0.660. The summed E-state index contributed by atoms with van der Waals surface area (Å²) in [5.41, 5.74) is 0.957.